The number of fused-ring (bicyclic) bond motifs is 1. The van der Waals surface area contributed by atoms with Crippen molar-refractivity contribution in [2.45, 2.75) is 52.2 Å². The smallest absolute Gasteiger partial charge is 0.360 e. The Labute approximate surface area is 175 Å². The van der Waals surface area contributed by atoms with Gasteiger partial charge in [0.1, 0.15) is 0 Å². The average molecular weight is 406 g/mol. The summed E-state index contributed by atoms with van der Waals surface area (Å²) < 4.78 is 6.76. The zero-order valence-corrected chi connectivity index (χ0v) is 17.3. The van der Waals surface area contributed by atoms with E-state index in [9.17, 15) is 14.4 Å². The molecule has 0 amide bonds. The van der Waals surface area contributed by atoms with E-state index in [1.807, 2.05) is 6.07 Å². The number of ether oxygens (including phenoxy) is 1. The van der Waals surface area contributed by atoms with Gasteiger partial charge in [0.25, 0.3) is 5.56 Å². The van der Waals surface area contributed by atoms with Gasteiger partial charge in [0, 0.05) is 17.5 Å². The maximum atomic E-state index is 12.9. The molecule has 1 atom stereocenters. The fraction of sp³-hybridized carbons (Fsp3) is 0.333. The molecule has 3 aromatic rings. The number of Topliss-reactive ketones (excluding diaryl/α,β-unsaturated/α-hetero) is 1. The predicted octanol–water partition coefficient (Wildman–Crippen LogP) is 4.41. The highest BCUT2D eigenvalue weighted by Gasteiger charge is 2.24. The Morgan fingerprint density at radius 3 is 2.33 bits per heavy atom. The molecule has 0 saturated carbocycles. The Morgan fingerprint density at radius 2 is 1.63 bits per heavy atom. The second-order valence-electron chi connectivity index (χ2n) is 7.26. The van der Waals surface area contributed by atoms with Crippen LogP contribution < -0.4 is 5.56 Å². The molecule has 3 rings (SSSR count). The molecule has 1 unspecified atom stereocenters. The van der Waals surface area contributed by atoms with Crippen molar-refractivity contribution in [1.82, 2.24) is 9.78 Å². The molecule has 30 heavy (non-hydrogen) atoms. The molecule has 0 N–H and O–H groups in total. The second kappa shape index (κ2) is 9.96. The molecule has 1 heterocycles. The number of carbonyl (C=O) groups is 2. The number of benzene rings is 2. The third-order valence-electron chi connectivity index (χ3n) is 5.00. The lowest BCUT2D eigenvalue weighted by atomic mass is 10.1. The number of nitrogens with zero attached hydrogens (tertiary/aromatic N) is 2. The van der Waals surface area contributed by atoms with Crippen LogP contribution in [0, 0.1) is 0 Å². The van der Waals surface area contributed by atoms with E-state index in [0.29, 0.717) is 22.9 Å². The van der Waals surface area contributed by atoms with Crippen molar-refractivity contribution in [2.75, 3.05) is 0 Å². The third kappa shape index (κ3) is 4.82. The molecule has 6 nitrogen and oxygen atoms in total. The van der Waals surface area contributed by atoms with Crippen LogP contribution in [0.15, 0.2) is 59.4 Å². The van der Waals surface area contributed by atoms with Gasteiger partial charge in [-0.25, -0.2) is 9.48 Å². The van der Waals surface area contributed by atoms with Crippen molar-refractivity contribution in [3.8, 4) is 0 Å². The summed E-state index contributed by atoms with van der Waals surface area (Å²) in [5.41, 5.74) is 0.289. The van der Waals surface area contributed by atoms with Crippen LogP contribution in [0.1, 0.15) is 60.4 Å². The highest BCUT2D eigenvalue weighted by molar-refractivity contribution is 6.05. The fourth-order valence-electron chi connectivity index (χ4n) is 3.33. The largest absolute Gasteiger partial charge is 0.449 e. The van der Waals surface area contributed by atoms with E-state index in [0.717, 1.165) is 25.7 Å². The molecule has 0 aliphatic carbocycles. The summed E-state index contributed by atoms with van der Waals surface area (Å²) >= 11 is 0. The first-order chi connectivity index (χ1) is 14.5. The molecule has 0 saturated heterocycles. The van der Waals surface area contributed by atoms with Gasteiger partial charge in [0.15, 0.2) is 11.8 Å². The van der Waals surface area contributed by atoms with Crippen molar-refractivity contribution in [2.24, 2.45) is 0 Å². The number of aryl methyl sites for hydroxylation is 1. The van der Waals surface area contributed by atoms with E-state index in [1.165, 1.54) is 11.6 Å². The summed E-state index contributed by atoms with van der Waals surface area (Å²) in [4.78, 5) is 38.2. The molecule has 6 heteroatoms. The minimum Gasteiger partial charge on any atom is -0.449 e. The number of hydrogen-bond donors (Lipinski definition) is 0. The van der Waals surface area contributed by atoms with Gasteiger partial charge >= 0.3 is 5.97 Å². The van der Waals surface area contributed by atoms with Crippen LogP contribution in [0.4, 0.5) is 0 Å². The quantitative estimate of drug-likeness (QED) is 0.299. The highest BCUT2D eigenvalue weighted by Crippen LogP contribution is 2.16. The van der Waals surface area contributed by atoms with E-state index in [2.05, 4.69) is 12.0 Å². The van der Waals surface area contributed by atoms with E-state index >= 15 is 0 Å². The van der Waals surface area contributed by atoms with Crippen molar-refractivity contribution < 1.29 is 14.3 Å². The number of ketones is 1. The summed E-state index contributed by atoms with van der Waals surface area (Å²) in [6.45, 7) is 4.09. The summed E-state index contributed by atoms with van der Waals surface area (Å²) in [6.07, 6.45) is 2.99. The lowest BCUT2D eigenvalue weighted by Gasteiger charge is -2.14. The number of hydrogen-bond acceptors (Lipinski definition) is 5. The normalized spacial score (nSPS) is 11.9. The molecule has 2 aromatic carbocycles. The molecule has 156 valence electrons. The Kier molecular flexibility index (Phi) is 7.12. The molecular weight excluding hydrogens is 380 g/mol. The van der Waals surface area contributed by atoms with Gasteiger partial charge in [0.2, 0.25) is 5.78 Å². The molecule has 0 radical (unpaired) electrons. The lowest BCUT2D eigenvalue weighted by molar-refractivity contribution is 0.0313. The van der Waals surface area contributed by atoms with E-state index in [1.54, 1.807) is 48.5 Å². The number of carbonyl (C=O) groups excluding carboxylic acids is 2. The third-order valence-corrected chi connectivity index (χ3v) is 5.00. The minimum atomic E-state index is -0.967. The summed E-state index contributed by atoms with van der Waals surface area (Å²) in [6, 6.07) is 15.5. The van der Waals surface area contributed by atoms with Gasteiger partial charge in [-0.05, 0) is 19.4 Å². The summed E-state index contributed by atoms with van der Waals surface area (Å²) in [5.74, 6) is -1.01. The summed E-state index contributed by atoms with van der Waals surface area (Å²) in [7, 11) is 0. The Bertz CT molecular complexity index is 1090. The van der Waals surface area contributed by atoms with Crippen LogP contribution in [-0.2, 0) is 11.3 Å². The van der Waals surface area contributed by atoms with Crippen LogP contribution >= 0.6 is 0 Å². The Balaban J connectivity index is 1.88. The zero-order valence-electron chi connectivity index (χ0n) is 17.3. The van der Waals surface area contributed by atoms with Gasteiger partial charge < -0.3 is 4.74 Å². The van der Waals surface area contributed by atoms with E-state index in [-0.39, 0.29) is 17.0 Å². The topological polar surface area (TPSA) is 78.3 Å². The highest BCUT2D eigenvalue weighted by atomic mass is 16.5. The van der Waals surface area contributed by atoms with E-state index in [4.69, 9.17) is 4.74 Å². The van der Waals surface area contributed by atoms with Crippen LogP contribution in [0.25, 0.3) is 10.8 Å². The van der Waals surface area contributed by atoms with Gasteiger partial charge in [-0.1, -0.05) is 74.7 Å². The van der Waals surface area contributed by atoms with Crippen molar-refractivity contribution in [1.29, 1.82) is 0 Å². The van der Waals surface area contributed by atoms with Crippen LogP contribution in [-0.4, -0.2) is 27.6 Å². The molecular formula is C24H26N2O4. The van der Waals surface area contributed by atoms with E-state index < -0.39 is 12.1 Å². The fourth-order valence-corrected chi connectivity index (χ4v) is 3.33. The molecule has 0 aliphatic rings. The first-order valence-corrected chi connectivity index (χ1v) is 10.3. The lowest BCUT2D eigenvalue weighted by Crippen LogP contribution is -2.29. The van der Waals surface area contributed by atoms with Gasteiger partial charge in [-0.3, -0.25) is 9.59 Å². The van der Waals surface area contributed by atoms with Gasteiger partial charge in [0.05, 0.1) is 5.39 Å². The average Bonchev–Trinajstić information content (AvgIpc) is 2.78. The van der Waals surface area contributed by atoms with Crippen molar-refractivity contribution >= 4 is 22.5 Å². The van der Waals surface area contributed by atoms with Crippen LogP contribution in [0.2, 0.25) is 0 Å². The van der Waals surface area contributed by atoms with Gasteiger partial charge in [-0.2, -0.15) is 5.10 Å². The number of esters is 1. The Morgan fingerprint density at radius 1 is 0.967 bits per heavy atom. The molecule has 0 fully saturated rings. The monoisotopic (exact) mass is 406 g/mol. The zero-order chi connectivity index (χ0) is 21.5. The maximum Gasteiger partial charge on any atom is 0.360 e. The molecule has 0 bridgehead atoms. The number of aromatic nitrogens is 2. The first-order valence-electron chi connectivity index (χ1n) is 10.3. The second-order valence-corrected chi connectivity index (χ2v) is 7.26. The van der Waals surface area contributed by atoms with Crippen LogP contribution in [0.3, 0.4) is 0 Å². The van der Waals surface area contributed by atoms with Crippen molar-refractivity contribution in [3.63, 3.8) is 0 Å². The van der Waals surface area contributed by atoms with Gasteiger partial charge in [-0.15, -0.1) is 0 Å². The molecule has 0 aliphatic heterocycles. The first kappa shape index (κ1) is 21.4. The molecule has 0 spiro atoms. The van der Waals surface area contributed by atoms with Crippen LogP contribution in [0.5, 0.6) is 0 Å². The number of unbranched alkanes of at least 4 members (excludes halogenated alkanes) is 3. The standard InChI is InChI=1S/C24H26N2O4/c1-3-4-5-11-16-26-23(28)20-15-10-9-14-19(20)21(25-26)24(29)30-17(2)22(27)18-12-7-6-8-13-18/h6-10,12-15,17H,3-5,11,16H2,1-2H3. The number of rotatable bonds is 9. The summed E-state index contributed by atoms with van der Waals surface area (Å²) in [5, 5.41) is 5.14. The minimum absolute atomic E-state index is 0.0494. The molecule has 1 aromatic heterocycles. The SMILES string of the molecule is CCCCCCn1nc(C(=O)OC(C)C(=O)c2ccccc2)c2ccccc2c1=O. The Hall–Kier alpha value is -3.28. The van der Waals surface area contributed by atoms with Crippen molar-refractivity contribution in [3.05, 3.63) is 76.2 Å². The maximum absolute atomic E-state index is 12.9. The predicted molar refractivity (Wildman–Crippen MR) is 116 cm³/mol.